The molecule has 14 heteroatoms. The van der Waals surface area contributed by atoms with Crippen LogP contribution in [0, 0.1) is 23.7 Å². The van der Waals surface area contributed by atoms with Crippen LogP contribution in [-0.4, -0.2) is 141 Å². The third-order valence-corrected chi connectivity index (χ3v) is 14.9. The molecular formula is C49H75NO13. The lowest BCUT2D eigenvalue weighted by Gasteiger charge is -2.48. The van der Waals surface area contributed by atoms with Gasteiger partial charge in [0, 0.05) is 51.7 Å². The van der Waals surface area contributed by atoms with Crippen LogP contribution in [0.1, 0.15) is 93.9 Å². The molecule has 1 aliphatic carbocycles. The van der Waals surface area contributed by atoms with Crippen molar-refractivity contribution in [3.05, 3.63) is 59.3 Å². The molecule has 63 heavy (non-hydrogen) atoms. The Kier molecular flexibility index (Phi) is 15.7. The fraction of sp³-hybridized carbons (Fsp3) is 0.776. The van der Waals surface area contributed by atoms with Crippen molar-refractivity contribution in [3.63, 3.8) is 0 Å². The monoisotopic (exact) mass is 886 g/mol. The van der Waals surface area contributed by atoms with Gasteiger partial charge in [0.2, 0.25) is 0 Å². The summed E-state index contributed by atoms with van der Waals surface area (Å²) in [5, 5.41) is 27.1. The van der Waals surface area contributed by atoms with Crippen molar-refractivity contribution < 1.29 is 62.4 Å². The van der Waals surface area contributed by atoms with E-state index in [2.05, 4.69) is 52.1 Å². The van der Waals surface area contributed by atoms with Crippen LogP contribution >= 0.6 is 0 Å². The number of ether oxygens (including phenoxy) is 10. The Hall–Kier alpha value is -2.31. The van der Waals surface area contributed by atoms with Gasteiger partial charge in [-0.15, -0.1) is 0 Å². The van der Waals surface area contributed by atoms with Gasteiger partial charge in [0.25, 0.3) is 0 Å². The molecule has 0 aromatic carbocycles. The Morgan fingerprint density at radius 3 is 2.35 bits per heavy atom. The van der Waals surface area contributed by atoms with Gasteiger partial charge in [-0.2, -0.15) is 0 Å². The first kappa shape index (κ1) is 48.6. The molecule has 354 valence electrons. The van der Waals surface area contributed by atoms with Gasteiger partial charge in [-0.05, 0) is 69.9 Å². The summed E-state index contributed by atoms with van der Waals surface area (Å²) in [7, 11) is 5.30. The molecule has 4 fully saturated rings. The molecule has 20 atom stereocenters. The highest BCUT2D eigenvalue weighted by Crippen LogP contribution is 2.47. The molecule has 0 aromatic heterocycles. The molecule has 1 spiro atoms. The molecule has 6 heterocycles. The number of likely N-dealkylation sites (N-methyl/N-ethyl adjacent to an activating group) is 1. The predicted octanol–water partition coefficient (Wildman–Crippen LogP) is 5.60. The van der Waals surface area contributed by atoms with Crippen LogP contribution in [0.25, 0.3) is 0 Å². The van der Waals surface area contributed by atoms with Crippen molar-refractivity contribution in [1.29, 1.82) is 0 Å². The van der Waals surface area contributed by atoms with E-state index in [1.165, 1.54) is 0 Å². The largest absolute Gasteiger partial charge is 0.462 e. The molecule has 0 radical (unpaired) electrons. The molecule has 7 rings (SSSR count). The van der Waals surface area contributed by atoms with Crippen LogP contribution in [-0.2, 0) is 52.2 Å². The van der Waals surface area contributed by atoms with Gasteiger partial charge in [-0.25, -0.2) is 0 Å². The van der Waals surface area contributed by atoms with Crippen LogP contribution in [0.15, 0.2) is 59.3 Å². The zero-order valence-corrected chi connectivity index (χ0v) is 39.3. The van der Waals surface area contributed by atoms with Crippen LogP contribution in [0.5, 0.6) is 0 Å². The Bertz CT molecular complexity index is 1750. The highest BCUT2D eigenvalue weighted by Gasteiger charge is 2.60. The van der Waals surface area contributed by atoms with Gasteiger partial charge >= 0.3 is 5.97 Å². The molecule has 0 unspecified atom stereocenters. The minimum absolute atomic E-state index is 0.0411. The summed E-state index contributed by atoms with van der Waals surface area (Å²) in [6.07, 6.45) is 10.7. The van der Waals surface area contributed by atoms with Gasteiger partial charge < -0.3 is 62.9 Å². The van der Waals surface area contributed by atoms with Gasteiger partial charge in [0.05, 0.1) is 55.4 Å². The number of rotatable bonds is 9. The van der Waals surface area contributed by atoms with E-state index in [1.807, 2.05) is 39.1 Å². The molecule has 0 amide bonds. The molecule has 0 saturated carbocycles. The van der Waals surface area contributed by atoms with Crippen molar-refractivity contribution in [2.24, 2.45) is 23.7 Å². The molecule has 14 nitrogen and oxygen atoms in total. The zero-order valence-electron chi connectivity index (χ0n) is 39.3. The summed E-state index contributed by atoms with van der Waals surface area (Å²) in [4.78, 5) is 14.4. The SMILES string of the molecule is CC[C@H](C)[C@H]1O[C@]2(C=C[C@@H]1C)C[C@@H]1C[C@@H](CC=C(C)[C@@H](O[C@H]3C[C@H](OC)[C@@H](O[C@H]4C[C@H](OC)[C@@H](NC)[C@H](C)O4)[C@H](C)O3)[C@@H](C)C=CC=C3CO[C@@H]4[C@H](O)C(C)=C[C@@H](C(=O)O1)[C@]34O)O2. The first-order valence-electron chi connectivity index (χ1n) is 23.4. The summed E-state index contributed by atoms with van der Waals surface area (Å²) in [5.41, 5.74) is 0.180. The van der Waals surface area contributed by atoms with Gasteiger partial charge in [-0.1, -0.05) is 70.6 Å². The number of hydrogen-bond acceptors (Lipinski definition) is 14. The molecule has 0 aromatic rings. The fourth-order valence-electron chi connectivity index (χ4n) is 11.0. The first-order valence-corrected chi connectivity index (χ1v) is 23.4. The summed E-state index contributed by atoms with van der Waals surface area (Å²) < 4.78 is 64.6. The Labute approximate surface area is 374 Å². The van der Waals surface area contributed by atoms with Crippen molar-refractivity contribution >= 4 is 5.97 Å². The smallest absolute Gasteiger partial charge is 0.316 e. The summed E-state index contributed by atoms with van der Waals surface area (Å²) >= 11 is 0. The number of nitrogens with one attached hydrogen (secondary N) is 1. The standard InChI is InChI=1S/C49H75NO13/c1-12-26(2)44-29(5)18-19-48(63-44)24-35-21-34(62-48)17-16-28(4)43(27(3)14-13-15-33-25-56-46-42(51)30(6)20-36(47(52)59-35)49(33,46)53)60-40-23-38(55-11)45(32(8)58-40)61-39-22-37(54-10)41(50-9)31(7)57-39/h13-16,18-20,26-27,29,31-32,34-46,50-51,53H,12,17,21-25H2,1-11H3/t26-,27-,29-,31-,32-,34+,35-,36-,37-,38-,39-,40-,41-,42+,43-,44+,45-,46+,48+,49+/m0/s1. The number of carbonyl (C=O) groups is 1. The number of allylic oxidation sites excluding steroid dienone is 2. The molecular weight excluding hydrogens is 811 g/mol. The molecule has 6 aliphatic heterocycles. The third-order valence-electron chi connectivity index (χ3n) is 14.9. The molecule has 4 saturated heterocycles. The van der Waals surface area contributed by atoms with Crippen molar-refractivity contribution in [3.8, 4) is 0 Å². The van der Waals surface area contributed by atoms with E-state index in [4.69, 9.17) is 47.4 Å². The third kappa shape index (κ3) is 10.0. The second-order valence-electron chi connectivity index (χ2n) is 19.3. The summed E-state index contributed by atoms with van der Waals surface area (Å²) in [6.45, 7) is 16.4. The maximum absolute atomic E-state index is 14.4. The van der Waals surface area contributed by atoms with Gasteiger partial charge in [0.1, 0.15) is 35.9 Å². The summed E-state index contributed by atoms with van der Waals surface area (Å²) in [5.74, 6) is -2.51. The Balaban J connectivity index is 1.18. The number of fused-ring (bicyclic) bond motifs is 2. The predicted molar refractivity (Wildman–Crippen MR) is 234 cm³/mol. The lowest BCUT2D eigenvalue weighted by Crippen LogP contribution is -2.58. The number of aliphatic hydroxyl groups is 2. The topological polar surface area (TPSA) is 162 Å². The highest BCUT2D eigenvalue weighted by atomic mass is 16.7. The van der Waals surface area contributed by atoms with E-state index < -0.39 is 66.4 Å². The van der Waals surface area contributed by atoms with Crippen LogP contribution in [0.3, 0.4) is 0 Å². The lowest BCUT2D eigenvalue weighted by atomic mass is 9.71. The second kappa shape index (κ2) is 20.3. The Morgan fingerprint density at radius 1 is 0.921 bits per heavy atom. The number of aliphatic hydroxyl groups excluding tert-OH is 1. The first-order chi connectivity index (χ1) is 30.0. The van der Waals surface area contributed by atoms with Crippen molar-refractivity contribution in [2.75, 3.05) is 27.9 Å². The van der Waals surface area contributed by atoms with Crippen molar-refractivity contribution in [1.82, 2.24) is 5.32 Å². The van der Waals surface area contributed by atoms with Crippen LogP contribution in [0.2, 0.25) is 0 Å². The van der Waals surface area contributed by atoms with Crippen LogP contribution in [0.4, 0.5) is 0 Å². The summed E-state index contributed by atoms with van der Waals surface area (Å²) in [6, 6.07) is 0.0442. The van der Waals surface area contributed by atoms with E-state index in [0.717, 1.165) is 12.0 Å². The molecule has 7 aliphatic rings. The second-order valence-corrected chi connectivity index (χ2v) is 19.3. The van der Waals surface area contributed by atoms with E-state index >= 15 is 0 Å². The van der Waals surface area contributed by atoms with E-state index in [0.29, 0.717) is 43.3 Å². The maximum atomic E-state index is 14.4. The van der Waals surface area contributed by atoms with E-state index in [-0.39, 0.29) is 67.0 Å². The number of hydrogen-bond donors (Lipinski definition) is 3. The number of esters is 1. The van der Waals surface area contributed by atoms with E-state index in [9.17, 15) is 15.0 Å². The van der Waals surface area contributed by atoms with E-state index in [1.54, 1.807) is 33.3 Å². The minimum Gasteiger partial charge on any atom is -0.462 e. The van der Waals surface area contributed by atoms with Crippen molar-refractivity contribution in [2.45, 2.75) is 191 Å². The number of methoxy groups -OCH3 is 2. The number of carbonyl (C=O) groups excluding carboxylic acids is 1. The van der Waals surface area contributed by atoms with Gasteiger partial charge in [0.15, 0.2) is 18.4 Å². The minimum atomic E-state index is -1.83. The Morgan fingerprint density at radius 2 is 1.63 bits per heavy atom. The fourth-order valence-corrected chi connectivity index (χ4v) is 11.0. The quantitative estimate of drug-likeness (QED) is 0.194. The maximum Gasteiger partial charge on any atom is 0.316 e. The zero-order chi connectivity index (χ0) is 45.4. The lowest BCUT2D eigenvalue weighted by molar-refractivity contribution is -0.312. The normalized spacial score (nSPS) is 46.4. The molecule has 3 N–H and O–H groups in total. The van der Waals surface area contributed by atoms with Crippen LogP contribution < -0.4 is 5.32 Å². The van der Waals surface area contributed by atoms with Gasteiger partial charge in [-0.3, -0.25) is 4.79 Å². The highest BCUT2D eigenvalue weighted by molar-refractivity contribution is 5.78. The molecule has 2 bridgehead atoms. The average molecular weight is 886 g/mol. The average Bonchev–Trinajstić information content (AvgIpc) is 3.60.